The molecule has 0 saturated heterocycles. The van der Waals surface area contributed by atoms with Crippen LogP contribution in [0.5, 0.6) is 0 Å². The molecule has 0 amide bonds. The monoisotopic (exact) mass is 368 g/mol. The third-order valence-electron chi connectivity index (χ3n) is 3.09. The van der Waals surface area contributed by atoms with Crippen molar-refractivity contribution in [1.82, 2.24) is 0 Å². The smallest absolute Gasteiger partial charge is 0.353 e. The highest BCUT2D eigenvalue weighted by molar-refractivity contribution is 6.53. The van der Waals surface area contributed by atoms with E-state index in [9.17, 15) is 0 Å². The van der Waals surface area contributed by atoms with Gasteiger partial charge in [0.25, 0.3) is 0 Å². The van der Waals surface area contributed by atoms with E-state index in [1.807, 2.05) is 60.7 Å². The quantitative estimate of drug-likeness (QED) is 0.325. The molecule has 2 aromatic rings. The van der Waals surface area contributed by atoms with Gasteiger partial charge in [-0.25, -0.2) is 4.89 Å². The van der Waals surface area contributed by atoms with Gasteiger partial charge in [-0.15, -0.1) is 0 Å². The van der Waals surface area contributed by atoms with Gasteiger partial charge < -0.3 is 13.3 Å². The lowest BCUT2D eigenvalue weighted by atomic mass is 10.2. The maximum Gasteiger partial charge on any atom is 0.709 e. The van der Waals surface area contributed by atoms with Crippen molar-refractivity contribution < 1.29 is 22.7 Å². The van der Waals surface area contributed by atoms with Crippen LogP contribution in [-0.2, 0) is 22.7 Å². The molecule has 0 radical (unpaired) electrons. The molecule has 0 aliphatic rings. The van der Waals surface area contributed by atoms with Crippen LogP contribution in [-0.4, -0.2) is 36.5 Å². The van der Waals surface area contributed by atoms with Crippen LogP contribution in [0.4, 0.5) is 0 Å². The van der Waals surface area contributed by atoms with Crippen LogP contribution in [0.1, 0.15) is 11.1 Å². The molecule has 0 spiro atoms. The van der Waals surface area contributed by atoms with Gasteiger partial charge in [0, 0.05) is 18.2 Å². The summed E-state index contributed by atoms with van der Waals surface area (Å²) in [5.74, 6) is 11.8. The topological polar surface area (TPSA) is 46.2 Å². The Hall–Kier alpha value is -2.42. The highest BCUT2D eigenvalue weighted by atomic mass is 28.4. The molecular formula is C20H20O5Si. The first-order valence-corrected chi connectivity index (χ1v) is 9.54. The Kier molecular flexibility index (Phi) is 8.60. The largest absolute Gasteiger partial charge is 0.709 e. The number of rotatable bonds is 7. The van der Waals surface area contributed by atoms with E-state index >= 15 is 0 Å². The van der Waals surface area contributed by atoms with E-state index < -0.39 is 9.05 Å². The molecule has 0 aromatic heterocycles. The van der Waals surface area contributed by atoms with Crippen LogP contribution < -0.4 is 0 Å². The van der Waals surface area contributed by atoms with Crippen molar-refractivity contribution in [2.45, 2.75) is 0 Å². The number of hydrogen-bond acceptors (Lipinski definition) is 5. The minimum absolute atomic E-state index is 0.0738. The molecule has 0 fully saturated rings. The molecule has 134 valence electrons. The van der Waals surface area contributed by atoms with Crippen molar-refractivity contribution in [3.63, 3.8) is 0 Å². The van der Waals surface area contributed by atoms with E-state index in [0.29, 0.717) is 0 Å². The third-order valence-corrected chi connectivity index (χ3v) is 4.96. The van der Waals surface area contributed by atoms with Gasteiger partial charge in [-0.2, -0.15) is 4.58 Å². The first-order valence-electron chi connectivity index (χ1n) is 7.91. The lowest BCUT2D eigenvalue weighted by Gasteiger charge is -2.22. The van der Waals surface area contributed by atoms with Crippen molar-refractivity contribution in [2.24, 2.45) is 0 Å². The normalized spacial score (nSPS) is 10.4. The van der Waals surface area contributed by atoms with E-state index in [1.54, 1.807) is 0 Å². The fourth-order valence-corrected chi connectivity index (χ4v) is 3.10. The second-order valence-corrected chi connectivity index (χ2v) is 7.02. The zero-order chi connectivity index (χ0) is 18.5. The highest BCUT2D eigenvalue weighted by Gasteiger charge is 2.46. The molecule has 2 aromatic carbocycles. The summed E-state index contributed by atoms with van der Waals surface area (Å²) in [5.41, 5.74) is 1.78. The van der Waals surface area contributed by atoms with Gasteiger partial charge >= 0.3 is 9.05 Å². The predicted molar refractivity (Wildman–Crippen MR) is 99.4 cm³/mol. The van der Waals surface area contributed by atoms with Gasteiger partial charge in [0.1, 0.15) is 13.2 Å². The Morgan fingerprint density at radius 3 is 1.58 bits per heavy atom. The lowest BCUT2D eigenvalue weighted by Crippen LogP contribution is -2.48. The highest BCUT2D eigenvalue weighted by Crippen LogP contribution is 2.10. The van der Waals surface area contributed by atoms with Gasteiger partial charge in [-0.3, -0.25) is 0 Å². The Bertz CT molecular complexity index is 710. The van der Waals surface area contributed by atoms with Crippen LogP contribution >= 0.6 is 0 Å². The molecule has 0 saturated carbocycles. The van der Waals surface area contributed by atoms with Crippen LogP contribution in [0.25, 0.3) is 0 Å². The van der Waals surface area contributed by atoms with Gasteiger partial charge in [0.15, 0.2) is 0 Å². The Morgan fingerprint density at radius 2 is 1.19 bits per heavy atom. The first kappa shape index (κ1) is 19.9. The summed E-state index contributed by atoms with van der Waals surface area (Å²) >= 11 is 0. The molecule has 6 heteroatoms. The first-order chi connectivity index (χ1) is 12.8. The van der Waals surface area contributed by atoms with Gasteiger partial charge in [0.2, 0.25) is 0 Å². The molecule has 26 heavy (non-hydrogen) atoms. The summed E-state index contributed by atoms with van der Waals surface area (Å²) in [4.78, 5) is 4.72. The molecule has 0 bridgehead atoms. The Labute approximate surface area is 155 Å². The fraction of sp³-hybridized carbons (Fsp3) is 0.200. The van der Waals surface area contributed by atoms with Crippen molar-refractivity contribution >= 4 is 9.05 Å². The summed E-state index contributed by atoms with van der Waals surface area (Å²) in [7, 11) is -0.682. The summed E-state index contributed by atoms with van der Waals surface area (Å²) < 4.78 is 21.6. The SMILES string of the molecule is COO[Si](OC)(OCC#Cc1ccccc1)OCC#Cc1ccccc1. The van der Waals surface area contributed by atoms with Gasteiger partial charge in [0.05, 0.1) is 7.11 Å². The van der Waals surface area contributed by atoms with Crippen molar-refractivity contribution in [3.8, 4) is 23.7 Å². The van der Waals surface area contributed by atoms with E-state index in [-0.39, 0.29) is 13.2 Å². The average molecular weight is 368 g/mol. The predicted octanol–water partition coefficient (Wildman–Crippen LogP) is 2.78. The zero-order valence-electron chi connectivity index (χ0n) is 14.7. The van der Waals surface area contributed by atoms with Gasteiger partial charge in [-0.05, 0) is 24.3 Å². The molecule has 0 heterocycles. The summed E-state index contributed by atoms with van der Waals surface area (Å²) in [6, 6.07) is 19.2. The third kappa shape index (κ3) is 6.83. The van der Waals surface area contributed by atoms with Crippen molar-refractivity contribution in [2.75, 3.05) is 27.4 Å². The van der Waals surface area contributed by atoms with E-state index in [2.05, 4.69) is 23.7 Å². The second kappa shape index (κ2) is 11.2. The molecule has 5 nitrogen and oxygen atoms in total. The molecule has 0 aliphatic carbocycles. The fourth-order valence-electron chi connectivity index (χ4n) is 1.91. The summed E-state index contributed by atoms with van der Waals surface area (Å²) in [6.07, 6.45) is 0. The molecule has 0 unspecified atom stereocenters. The van der Waals surface area contributed by atoms with Crippen LogP contribution in [0.3, 0.4) is 0 Å². The van der Waals surface area contributed by atoms with Crippen molar-refractivity contribution in [1.29, 1.82) is 0 Å². The molecule has 0 N–H and O–H groups in total. The van der Waals surface area contributed by atoms with Crippen LogP contribution in [0.2, 0.25) is 0 Å². The van der Waals surface area contributed by atoms with E-state index in [0.717, 1.165) is 11.1 Å². The average Bonchev–Trinajstić information content (AvgIpc) is 2.70. The van der Waals surface area contributed by atoms with Crippen LogP contribution in [0.15, 0.2) is 60.7 Å². The van der Waals surface area contributed by atoms with Crippen molar-refractivity contribution in [3.05, 3.63) is 71.8 Å². The zero-order valence-corrected chi connectivity index (χ0v) is 15.7. The Morgan fingerprint density at radius 1 is 0.731 bits per heavy atom. The molecule has 2 rings (SSSR count). The maximum absolute atomic E-state index is 5.60. The Balaban J connectivity index is 1.92. The van der Waals surface area contributed by atoms with E-state index in [1.165, 1.54) is 14.2 Å². The standard InChI is InChI=1S/C20H20O5Si/c1-21-25-26(22-2,23-17-9-15-19-11-5-3-6-12-19)24-18-10-16-20-13-7-4-8-14-20/h3-8,11-14H,17-18H2,1-2H3. The minimum Gasteiger partial charge on any atom is -0.353 e. The maximum atomic E-state index is 5.60. The number of benzene rings is 2. The molecule has 0 aliphatic heterocycles. The summed E-state index contributed by atoms with van der Waals surface area (Å²) in [5, 5.41) is 0. The van der Waals surface area contributed by atoms with Gasteiger partial charge in [-0.1, -0.05) is 60.1 Å². The second-order valence-electron chi connectivity index (χ2n) is 4.87. The molecule has 0 atom stereocenters. The number of hydrogen-bond donors (Lipinski definition) is 0. The minimum atomic E-state index is -3.47. The van der Waals surface area contributed by atoms with Crippen LogP contribution in [0, 0.1) is 23.7 Å². The van der Waals surface area contributed by atoms with E-state index in [4.69, 9.17) is 22.7 Å². The summed E-state index contributed by atoms with van der Waals surface area (Å²) in [6.45, 7) is 0.148. The molecular weight excluding hydrogens is 348 g/mol. The lowest BCUT2D eigenvalue weighted by molar-refractivity contribution is -0.250.